The standard InChI is InChI=1S/C17H13ClFN3S/c1-11-10-23-17(21-11)22-20-9-12-2-4-13(5-3-12)14-6-7-15(18)16(19)8-14/h2-10H,1H3,(H,21,22). The van der Waals surface area contributed by atoms with Gasteiger partial charge in [-0.1, -0.05) is 41.9 Å². The van der Waals surface area contributed by atoms with Crippen LogP contribution in [0.1, 0.15) is 11.3 Å². The Morgan fingerprint density at radius 3 is 2.57 bits per heavy atom. The number of aromatic nitrogens is 1. The normalized spacial score (nSPS) is 11.1. The van der Waals surface area contributed by atoms with Crippen molar-refractivity contribution >= 4 is 34.3 Å². The highest BCUT2D eigenvalue weighted by atomic mass is 35.5. The van der Waals surface area contributed by atoms with E-state index in [0.717, 1.165) is 27.5 Å². The molecule has 1 heterocycles. The van der Waals surface area contributed by atoms with Gasteiger partial charge in [0, 0.05) is 5.38 Å². The summed E-state index contributed by atoms with van der Waals surface area (Å²) in [5.41, 5.74) is 6.49. The molecule has 0 amide bonds. The molecule has 2 aromatic carbocycles. The molecule has 23 heavy (non-hydrogen) atoms. The zero-order chi connectivity index (χ0) is 16.2. The third-order valence-electron chi connectivity index (χ3n) is 3.16. The van der Waals surface area contributed by atoms with E-state index >= 15 is 0 Å². The molecule has 0 unspecified atom stereocenters. The summed E-state index contributed by atoms with van der Waals surface area (Å²) in [6.07, 6.45) is 1.71. The molecule has 0 aliphatic heterocycles. The predicted molar refractivity (Wildman–Crippen MR) is 94.9 cm³/mol. The summed E-state index contributed by atoms with van der Waals surface area (Å²) in [6, 6.07) is 12.4. The first-order valence-electron chi connectivity index (χ1n) is 6.88. The largest absolute Gasteiger partial charge is 0.253 e. The van der Waals surface area contributed by atoms with Crippen molar-refractivity contribution in [2.24, 2.45) is 5.10 Å². The van der Waals surface area contributed by atoms with Crippen LogP contribution < -0.4 is 5.43 Å². The van der Waals surface area contributed by atoms with Crippen LogP contribution in [0.15, 0.2) is 52.9 Å². The Bertz CT molecular complexity index is 843. The summed E-state index contributed by atoms with van der Waals surface area (Å²) >= 11 is 7.20. The van der Waals surface area contributed by atoms with Crippen molar-refractivity contribution in [3.8, 4) is 11.1 Å². The van der Waals surface area contributed by atoms with Crippen molar-refractivity contribution in [2.45, 2.75) is 6.92 Å². The average Bonchev–Trinajstić information content (AvgIpc) is 2.96. The maximum Gasteiger partial charge on any atom is 0.203 e. The summed E-state index contributed by atoms with van der Waals surface area (Å²) in [5.74, 6) is -0.419. The summed E-state index contributed by atoms with van der Waals surface area (Å²) in [4.78, 5) is 4.26. The highest BCUT2D eigenvalue weighted by molar-refractivity contribution is 7.13. The van der Waals surface area contributed by atoms with Crippen LogP contribution in [0.2, 0.25) is 5.02 Å². The van der Waals surface area contributed by atoms with E-state index < -0.39 is 5.82 Å². The number of rotatable bonds is 4. The second-order valence-corrected chi connectivity index (χ2v) is 6.18. The molecule has 116 valence electrons. The first kappa shape index (κ1) is 15.6. The molecule has 0 aliphatic carbocycles. The Morgan fingerprint density at radius 2 is 1.91 bits per heavy atom. The Hall–Kier alpha value is -2.24. The number of hydrogen-bond acceptors (Lipinski definition) is 4. The van der Waals surface area contributed by atoms with Crippen LogP contribution in [-0.4, -0.2) is 11.2 Å². The molecule has 3 aromatic rings. The topological polar surface area (TPSA) is 37.3 Å². The highest BCUT2D eigenvalue weighted by Gasteiger charge is 2.03. The maximum absolute atomic E-state index is 13.5. The minimum absolute atomic E-state index is 0.126. The zero-order valence-electron chi connectivity index (χ0n) is 12.3. The van der Waals surface area contributed by atoms with E-state index in [1.165, 1.54) is 17.4 Å². The molecule has 1 aromatic heterocycles. The molecule has 0 radical (unpaired) electrons. The second kappa shape index (κ2) is 6.89. The maximum atomic E-state index is 13.5. The van der Waals surface area contributed by atoms with E-state index in [1.54, 1.807) is 18.3 Å². The lowest BCUT2D eigenvalue weighted by Gasteiger charge is -2.03. The Balaban J connectivity index is 1.70. The van der Waals surface area contributed by atoms with Gasteiger partial charge < -0.3 is 0 Å². The van der Waals surface area contributed by atoms with Crippen LogP contribution in [0.5, 0.6) is 0 Å². The van der Waals surface area contributed by atoms with E-state index in [2.05, 4.69) is 15.5 Å². The van der Waals surface area contributed by atoms with Crippen molar-refractivity contribution in [3.05, 3.63) is 69.9 Å². The van der Waals surface area contributed by atoms with Crippen LogP contribution >= 0.6 is 22.9 Å². The van der Waals surface area contributed by atoms with E-state index in [4.69, 9.17) is 11.6 Å². The van der Waals surface area contributed by atoms with Gasteiger partial charge in [0.25, 0.3) is 0 Å². The third kappa shape index (κ3) is 3.94. The van der Waals surface area contributed by atoms with Gasteiger partial charge in [0.15, 0.2) is 0 Å². The van der Waals surface area contributed by atoms with Gasteiger partial charge >= 0.3 is 0 Å². The summed E-state index contributed by atoms with van der Waals surface area (Å²) in [5, 5.41) is 6.99. The van der Waals surface area contributed by atoms with Crippen molar-refractivity contribution in [1.82, 2.24) is 4.98 Å². The molecule has 0 saturated carbocycles. The number of aryl methyl sites for hydroxylation is 1. The molecule has 1 N–H and O–H groups in total. The van der Waals surface area contributed by atoms with Gasteiger partial charge in [0.05, 0.1) is 16.9 Å². The quantitative estimate of drug-likeness (QED) is 0.510. The van der Waals surface area contributed by atoms with Gasteiger partial charge in [0.2, 0.25) is 5.13 Å². The van der Waals surface area contributed by atoms with Gasteiger partial charge in [-0.05, 0) is 35.7 Å². The lowest BCUT2D eigenvalue weighted by molar-refractivity contribution is 0.629. The van der Waals surface area contributed by atoms with Crippen LogP contribution in [0.4, 0.5) is 9.52 Å². The van der Waals surface area contributed by atoms with Gasteiger partial charge in [0.1, 0.15) is 5.82 Å². The smallest absolute Gasteiger partial charge is 0.203 e. The summed E-state index contributed by atoms with van der Waals surface area (Å²) in [7, 11) is 0. The molecule has 0 bridgehead atoms. The Labute approximate surface area is 142 Å². The second-order valence-electron chi connectivity index (χ2n) is 4.91. The number of nitrogens with one attached hydrogen (secondary N) is 1. The number of thiazole rings is 1. The van der Waals surface area contributed by atoms with Crippen LogP contribution in [0.25, 0.3) is 11.1 Å². The molecule has 0 fully saturated rings. The fraction of sp³-hybridized carbons (Fsp3) is 0.0588. The minimum atomic E-state index is -0.419. The molecule has 0 saturated heterocycles. The lowest BCUT2D eigenvalue weighted by atomic mass is 10.0. The van der Waals surface area contributed by atoms with Crippen molar-refractivity contribution in [3.63, 3.8) is 0 Å². The van der Waals surface area contributed by atoms with Gasteiger partial charge in [-0.15, -0.1) is 11.3 Å². The number of nitrogens with zero attached hydrogens (tertiary/aromatic N) is 2. The Kier molecular flexibility index (Phi) is 4.69. The lowest BCUT2D eigenvalue weighted by Crippen LogP contribution is -1.90. The van der Waals surface area contributed by atoms with E-state index in [0.29, 0.717) is 0 Å². The summed E-state index contributed by atoms with van der Waals surface area (Å²) in [6.45, 7) is 1.93. The summed E-state index contributed by atoms with van der Waals surface area (Å²) < 4.78 is 13.5. The number of hydrogen-bond donors (Lipinski definition) is 1. The van der Waals surface area contributed by atoms with Gasteiger partial charge in [-0.25, -0.2) is 9.37 Å². The highest BCUT2D eigenvalue weighted by Crippen LogP contribution is 2.24. The molecule has 0 aliphatic rings. The molecular formula is C17H13ClFN3S. The number of hydrazone groups is 1. The predicted octanol–water partition coefficient (Wildman–Crippen LogP) is 5.36. The molecule has 6 heteroatoms. The molecule has 0 atom stereocenters. The van der Waals surface area contributed by atoms with Crippen molar-refractivity contribution in [2.75, 3.05) is 5.43 Å². The van der Waals surface area contributed by atoms with E-state index in [9.17, 15) is 4.39 Å². The zero-order valence-corrected chi connectivity index (χ0v) is 13.8. The van der Waals surface area contributed by atoms with Crippen molar-refractivity contribution < 1.29 is 4.39 Å². The molecule has 3 nitrogen and oxygen atoms in total. The number of halogens is 2. The number of anilines is 1. The van der Waals surface area contributed by atoms with E-state index in [-0.39, 0.29) is 5.02 Å². The monoisotopic (exact) mass is 345 g/mol. The van der Waals surface area contributed by atoms with E-state index in [1.807, 2.05) is 36.6 Å². The average molecular weight is 346 g/mol. The fourth-order valence-corrected chi connectivity index (χ4v) is 2.76. The van der Waals surface area contributed by atoms with Crippen LogP contribution in [0, 0.1) is 12.7 Å². The third-order valence-corrected chi connectivity index (χ3v) is 4.33. The molecule has 0 spiro atoms. The fourth-order valence-electron chi connectivity index (χ4n) is 2.00. The molecular weight excluding hydrogens is 333 g/mol. The first-order chi connectivity index (χ1) is 11.1. The minimum Gasteiger partial charge on any atom is -0.253 e. The van der Waals surface area contributed by atoms with Gasteiger partial charge in [-0.2, -0.15) is 5.10 Å². The van der Waals surface area contributed by atoms with Crippen molar-refractivity contribution in [1.29, 1.82) is 0 Å². The number of benzene rings is 2. The van der Waals surface area contributed by atoms with Crippen LogP contribution in [0.3, 0.4) is 0 Å². The Morgan fingerprint density at radius 1 is 1.17 bits per heavy atom. The van der Waals surface area contributed by atoms with Crippen LogP contribution in [-0.2, 0) is 0 Å². The SMILES string of the molecule is Cc1csc(NN=Cc2ccc(-c3ccc(Cl)c(F)c3)cc2)n1. The molecule has 3 rings (SSSR count). The first-order valence-corrected chi connectivity index (χ1v) is 8.14. The van der Waals surface area contributed by atoms with Gasteiger partial charge in [-0.3, -0.25) is 5.43 Å².